The molecule has 6 nitrogen and oxygen atoms in total. The lowest BCUT2D eigenvalue weighted by Gasteiger charge is -2.49. The van der Waals surface area contributed by atoms with Gasteiger partial charge in [0.15, 0.2) is 5.60 Å². The molecule has 0 amide bonds. The van der Waals surface area contributed by atoms with Crippen LogP contribution < -0.4 is 10.9 Å². The van der Waals surface area contributed by atoms with Crippen molar-refractivity contribution in [3.8, 4) is 5.75 Å². The number of nitrogens with one attached hydrogen (secondary N) is 2. The SMILES string of the molecule is CC1(C)CC(O)(C(F)(F)F)C(Nc2cccc3c(=O)[nH]ncc23)c2cccc(O)c21. The topological polar surface area (TPSA) is 98.2 Å². The molecule has 2 aromatic carbocycles. The van der Waals surface area contributed by atoms with E-state index >= 15 is 0 Å². The van der Waals surface area contributed by atoms with Crippen molar-refractivity contribution >= 4 is 16.5 Å². The molecule has 3 aromatic rings. The Bertz CT molecular complexity index is 1190. The number of halogens is 3. The summed E-state index contributed by atoms with van der Waals surface area (Å²) >= 11 is 0. The molecule has 0 saturated heterocycles. The molecule has 4 rings (SSSR count). The molecule has 4 N–H and O–H groups in total. The molecule has 2 atom stereocenters. The van der Waals surface area contributed by atoms with Crippen molar-refractivity contribution in [2.45, 2.75) is 43.5 Å². The maximum atomic E-state index is 14.2. The molecule has 0 fully saturated rings. The Morgan fingerprint density at radius 2 is 1.87 bits per heavy atom. The van der Waals surface area contributed by atoms with Crippen LogP contribution in [0.2, 0.25) is 0 Å². The highest BCUT2D eigenvalue weighted by atomic mass is 19.4. The Morgan fingerprint density at radius 3 is 2.57 bits per heavy atom. The number of aromatic hydroxyl groups is 1. The molecular formula is C21H20F3N3O3. The number of aliphatic hydroxyl groups is 1. The Morgan fingerprint density at radius 1 is 1.17 bits per heavy atom. The van der Waals surface area contributed by atoms with Crippen LogP contribution in [0.4, 0.5) is 18.9 Å². The van der Waals surface area contributed by atoms with Crippen molar-refractivity contribution < 1.29 is 23.4 Å². The monoisotopic (exact) mass is 419 g/mol. The number of nitrogens with zero attached hydrogens (tertiary/aromatic N) is 1. The summed E-state index contributed by atoms with van der Waals surface area (Å²) in [5.41, 5.74) is -4.04. The molecule has 1 aliphatic carbocycles. The molecule has 0 spiro atoms. The standard InChI is InChI=1S/C21H20F3N3O3/c1-19(2)10-20(30,21(22,23)24)17(12-6-4-8-15(28)16(12)19)26-14-7-3-5-11-13(14)9-25-27-18(11)29/h3-9,17,26,28,30H,10H2,1-2H3,(H,27,29). The van der Waals surface area contributed by atoms with Gasteiger partial charge in [0.2, 0.25) is 0 Å². The van der Waals surface area contributed by atoms with Crippen LogP contribution in [0.5, 0.6) is 5.75 Å². The van der Waals surface area contributed by atoms with E-state index in [2.05, 4.69) is 15.5 Å². The Balaban J connectivity index is 1.96. The number of phenols is 1. The average Bonchev–Trinajstić information content (AvgIpc) is 2.64. The van der Waals surface area contributed by atoms with Crippen LogP contribution >= 0.6 is 0 Å². The third kappa shape index (κ3) is 2.92. The zero-order valence-electron chi connectivity index (χ0n) is 16.2. The highest BCUT2D eigenvalue weighted by Crippen LogP contribution is 2.56. The van der Waals surface area contributed by atoms with Gasteiger partial charge in [-0.3, -0.25) is 4.79 Å². The third-order valence-electron chi connectivity index (χ3n) is 5.75. The lowest BCUT2D eigenvalue weighted by molar-refractivity contribution is -0.275. The van der Waals surface area contributed by atoms with Gasteiger partial charge < -0.3 is 15.5 Å². The van der Waals surface area contributed by atoms with Crippen LogP contribution in [0, 0.1) is 0 Å². The number of aromatic nitrogens is 2. The summed E-state index contributed by atoms with van der Waals surface area (Å²) in [5, 5.41) is 30.8. The summed E-state index contributed by atoms with van der Waals surface area (Å²) in [5.74, 6) is -0.135. The maximum Gasteiger partial charge on any atom is 0.419 e. The smallest absolute Gasteiger partial charge is 0.419 e. The van der Waals surface area contributed by atoms with Gasteiger partial charge in [0.1, 0.15) is 5.75 Å². The summed E-state index contributed by atoms with van der Waals surface area (Å²) in [6.07, 6.45) is -4.28. The number of phenolic OH excluding ortho intramolecular Hbond substituents is 1. The van der Waals surface area contributed by atoms with Gasteiger partial charge in [0.25, 0.3) is 5.56 Å². The number of anilines is 1. The molecule has 9 heteroatoms. The average molecular weight is 419 g/mol. The van der Waals surface area contributed by atoms with E-state index in [0.717, 1.165) is 0 Å². The molecule has 30 heavy (non-hydrogen) atoms. The molecule has 1 heterocycles. The molecule has 158 valence electrons. The van der Waals surface area contributed by atoms with Crippen LogP contribution in [0.15, 0.2) is 47.4 Å². The number of rotatable bonds is 2. The molecule has 0 bridgehead atoms. The highest BCUT2D eigenvalue weighted by Gasteiger charge is 2.64. The van der Waals surface area contributed by atoms with Crippen molar-refractivity contribution in [1.82, 2.24) is 10.2 Å². The number of hydrogen-bond donors (Lipinski definition) is 4. The summed E-state index contributed by atoms with van der Waals surface area (Å²) in [6, 6.07) is 7.28. The zero-order valence-corrected chi connectivity index (χ0v) is 16.2. The first-order chi connectivity index (χ1) is 14.0. The van der Waals surface area contributed by atoms with Crippen molar-refractivity contribution in [2.75, 3.05) is 5.32 Å². The zero-order chi connectivity index (χ0) is 21.9. The van der Waals surface area contributed by atoms with E-state index in [1.54, 1.807) is 13.8 Å². The van der Waals surface area contributed by atoms with Gasteiger partial charge >= 0.3 is 6.18 Å². The van der Waals surface area contributed by atoms with Gasteiger partial charge in [-0.05, 0) is 35.6 Å². The van der Waals surface area contributed by atoms with Crippen molar-refractivity contribution in [3.05, 3.63) is 64.1 Å². The number of hydrogen-bond acceptors (Lipinski definition) is 5. The second kappa shape index (κ2) is 6.46. The minimum atomic E-state index is -4.95. The first kappa shape index (κ1) is 20.2. The van der Waals surface area contributed by atoms with Gasteiger partial charge in [0.05, 0.1) is 17.6 Å². The fraction of sp³-hybridized carbons (Fsp3) is 0.333. The molecule has 1 aromatic heterocycles. The molecular weight excluding hydrogens is 399 g/mol. The fourth-order valence-electron chi connectivity index (χ4n) is 4.52. The molecule has 2 unspecified atom stereocenters. The van der Waals surface area contributed by atoms with Crippen molar-refractivity contribution in [1.29, 1.82) is 0 Å². The Labute approximate surface area is 169 Å². The summed E-state index contributed by atoms with van der Waals surface area (Å²) in [4.78, 5) is 12.0. The number of alkyl halides is 3. The summed E-state index contributed by atoms with van der Waals surface area (Å²) in [7, 11) is 0. The predicted octanol–water partition coefficient (Wildman–Crippen LogP) is 3.76. The van der Waals surface area contributed by atoms with Crippen LogP contribution in [0.3, 0.4) is 0 Å². The van der Waals surface area contributed by atoms with Crippen LogP contribution in [-0.2, 0) is 5.41 Å². The third-order valence-corrected chi connectivity index (χ3v) is 5.75. The van der Waals surface area contributed by atoms with Gasteiger partial charge in [-0.15, -0.1) is 0 Å². The Hall–Kier alpha value is -3.07. The lowest BCUT2D eigenvalue weighted by Crippen LogP contribution is -2.58. The van der Waals surface area contributed by atoms with Crippen LogP contribution in [-0.4, -0.2) is 32.2 Å². The first-order valence-corrected chi connectivity index (χ1v) is 9.30. The first-order valence-electron chi connectivity index (χ1n) is 9.30. The summed E-state index contributed by atoms with van der Waals surface area (Å²) in [6.45, 7) is 3.11. The highest BCUT2D eigenvalue weighted by molar-refractivity contribution is 5.92. The van der Waals surface area contributed by atoms with Crippen LogP contribution in [0.1, 0.15) is 37.4 Å². The van der Waals surface area contributed by atoms with E-state index in [1.165, 1.54) is 42.6 Å². The number of benzene rings is 2. The quantitative estimate of drug-likeness (QED) is 0.507. The van der Waals surface area contributed by atoms with Gasteiger partial charge in [-0.2, -0.15) is 18.3 Å². The number of H-pyrrole nitrogens is 1. The van der Waals surface area contributed by atoms with Gasteiger partial charge in [-0.25, -0.2) is 5.10 Å². The second-order valence-corrected chi connectivity index (χ2v) is 8.27. The molecule has 1 aliphatic rings. The van der Waals surface area contributed by atoms with E-state index in [0.29, 0.717) is 10.9 Å². The van der Waals surface area contributed by atoms with Crippen molar-refractivity contribution in [2.24, 2.45) is 0 Å². The predicted molar refractivity (Wildman–Crippen MR) is 105 cm³/mol. The fourth-order valence-corrected chi connectivity index (χ4v) is 4.52. The minimum Gasteiger partial charge on any atom is -0.508 e. The lowest BCUT2D eigenvalue weighted by atomic mass is 9.63. The Kier molecular flexibility index (Phi) is 4.36. The molecule has 0 radical (unpaired) electrons. The minimum absolute atomic E-state index is 0.135. The van der Waals surface area contributed by atoms with E-state index in [9.17, 15) is 28.2 Å². The van der Waals surface area contributed by atoms with E-state index in [1.807, 2.05) is 0 Å². The maximum absolute atomic E-state index is 14.2. The van der Waals surface area contributed by atoms with Gasteiger partial charge in [0, 0.05) is 16.6 Å². The summed E-state index contributed by atoms with van der Waals surface area (Å²) < 4.78 is 42.5. The normalized spacial score (nSPS) is 23.2. The van der Waals surface area contributed by atoms with Gasteiger partial charge in [-0.1, -0.05) is 32.0 Å². The van der Waals surface area contributed by atoms with Crippen LogP contribution in [0.25, 0.3) is 10.8 Å². The second-order valence-electron chi connectivity index (χ2n) is 8.27. The number of fused-ring (bicyclic) bond motifs is 2. The van der Waals surface area contributed by atoms with E-state index in [4.69, 9.17) is 0 Å². The van der Waals surface area contributed by atoms with E-state index < -0.39 is 35.2 Å². The van der Waals surface area contributed by atoms with Crippen molar-refractivity contribution in [3.63, 3.8) is 0 Å². The molecule has 0 aliphatic heterocycles. The van der Waals surface area contributed by atoms with E-state index in [-0.39, 0.29) is 22.4 Å². The number of aromatic amines is 1. The largest absolute Gasteiger partial charge is 0.508 e. The molecule has 0 saturated carbocycles.